The number of anilines is 2. The summed E-state index contributed by atoms with van der Waals surface area (Å²) in [4.78, 5) is 4.74. The number of hydrogen-bond donors (Lipinski definition) is 1. The monoisotopic (exact) mass is 353 g/mol. The van der Waals surface area contributed by atoms with Gasteiger partial charge >= 0.3 is 0 Å². The number of rotatable bonds is 2. The van der Waals surface area contributed by atoms with Crippen LogP contribution in [0.5, 0.6) is 0 Å². The van der Waals surface area contributed by atoms with E-state index in [1.807, 2.05) is 0 Å². The lowest BCUT2D eigenvalue weighted by molar-refractivity contribution is 0.390. The molecule has 0 amide bonds. The van der Waals surface area contributed by atoms with Crippen molar-refractivity contribution in [3.8, 4) is 0 Å². The van der Waals surface area contributed by atoms with Crippen molar-refractivity contribution in [2.75, 3.05) is 36.4 Å². The van der Waals surface area contributed by atoms with E-state index in [2.05, 4.69) is 79.2 Å². The van der Waals surface area contributed by atoms with Gasteiger partial charge in [-0.1, -0.05) is 29.8 Å². The molecule has 1 N–H and O–H groups in total. The topological polar surface area (TPSA) is 18.5 Å². The molecule has 3 nitrogen and oxygen atoms in total. The normalized spacial score (nSPS) is 14.6. The Labute approximate surface area is 156 Å². The molecule has 0 bridgehead atoms. The molecular formula is C21H27N3S. The van der Waals surface area contributed by atoms with Crippen LogP contribution < -0.4 is 10.2 Å². The van der Waals surface area contributed by atoms with Gasteiger partial charge in [0.15, 0.2) is 5.11 Å². The van der Waals surface area contributed by atoms with Gasteiger partial charge in [-0.2, -0.15) is 0 Å². The fourth-order valence-electron chi connectivity index (χ4n) is 3.38. The Balaban J connectivity index is 1.62. The van der Waals surface area contributed by atoms with Gasteiger partial charge in [0.2, 0.25) is 0 Å². The van der Waals surface area contributed by atoms with Crippen molar-refractivity contribution in [3.63, 3.8) is 0 Å². The van der Waals surface area contributed by atoms with E-state index in [-0.39, 0.29) is 0 Å². The summed E-state index contributed by atoms with van der Waals surface area (Å²) in [7, 11) is 0. The van der Waals surface area contributed by atoms with Gasteiger partial charge in [-0.3, -0.25) is 0 Å². The Hall–Kier alpha value is -2.07. The maximum atomic E-state index is 5.65. The maximum Gasteiger partial charge on any atom is 0.173 e. The summed E-state index contributed by atoms with van der Waals surface area (Å²) in [5.74, 6) is 0. The second-order valence-electron chi connectivity index (χ2n) is 6.94. The van der Waals surface area contributed by atoms with Crippen molar-refractivity contribution in [2.24, 2.45) is 0 Å². The van der Waals surface area contributed by atoms with E-state index < -0.39 is 0 Å². The van der Waals surface area contributed by atoms with Crippen molar-refractivity contribution in [2.45, 2.75) is 27.7 Å². The first-order valence-corrected chi connectivity index (χ1v) is 9.31. The Morgan fingerprint density at radius 1 is 0.920 bits per heavy atom. The highest BCUT2D eigenvalue weighted by Gasteiger charge is 2.20. The van der Waals surface area contributed by atoms with Crippen molar-refractivity contribution in [1.82, 2.24) is 4.90 Å². The standard InChI is InChI=1S/C21H27N3S/c1-15-8-9-19(17(3)14-15)22-21(25)24-12-10-23(11-13-24)20-7-5-6-16(2)18(20)4/h5-9,14H,10-13H2,1-4H3,(H,22,25). The van der Waals surface area contributed by atoms with Crippen molar-refractivity contribution >= 4 is 28.7 Å². The average molecular weight is 354 g/mol. The lowest BCUT2D eigenvalue weighted by Gasteiger charge is -2.38. The molecule has 1 saturated heterocycles. The molecule has 1 aliphatic heterocycles. The van der Waals surface area contributed by atoms with E-state index in [1.54, 1.807) is 0 Å². The van der Waals surface area contributed by atoms with E-state index in [0.29, 0.717) is 0 Å². The van der Waals surface area contributed by atoms with Crippen LogP contribution in [0, 0.1) is 27.7 Å². The summed E-state index contributed by atoms with van der Waals surface area (Å²) >= 11 is 5.65. The molecule has 4 heteroatoms. The van der Waals surface area contributed by atoms with E-state index >= 15 is 0 Å². The van der Waals surface area contributed by atoms with Crippen molar-refractivity contribution in [3.05, 3.63) is 58.7 Å². The summed E-state index contributed by atoms with van der Waals surface area (Å²) in [6.07, 6.45) is 0. The van der Waals surface area contributed by atoms with E-state index in [9.17, 15) is 0 Å². The second-order valence-corrected chi connectivity index (χ2v) is 7.33. The zero-order chi connectivity index (χ0) is 18.0. The molecule has 0 saturated carbocycles. The minimum atomic E-state index is 0.826. The zero-order valence-corrected chi connectivity index (χ0v) is 16.4. The third kappa shape index (κ3) is 3.96. The lowest BCUT2D eigenvalue weighted by atomic mass is 10.1. The number of nitrogens with one attached hydrogen (secondary N) is 1. The van der Waals surface area contributed by atoms with Crippen LogP contribution in [0.3, 0.4) is 0 Å². The van der Waals surface area contributed by atoms with Crippen LogP contribution in [-0.2, 0) is 0 Å². The quantitative estimate of drug-likeness (QED) is 0.804. The minimum absolute atomic E-state index is 0.826. The molecule has 0 atom stereocenters. The van der Waals surface area contributed by atoms with Crippen LogP contribution in [0.25, 0.3) is 0 Å². The van der Waals surface area contributed by atoms with E-state index in [4.69, 9.17) is 12.2 Å². The molecule has 25 heavy (non-hydrogen) atoms. The summed E-state index contributed by atoms with van der Waals surface area (Å²) in [5.41, 5.74) is 7.70. The summed E-state index contributed by atoms with van der Waals surface area (Å²) in [6.45, 7) is 12.5. The Morgan fingerprint density at radius 2 is 1.64 bits per heavy atom. The maximum absolute atomic E-state index is 5.65. The smallest absolute Gasteiger partial charge is 0.173 e. The fraction of sp³-hybridized carbons (Fsp3) is 0.381. The van der Waals surface area contributed by atoms with Crippen LogP contribution >= 0.6 is 12.2 Å². The van der Waals surface area contributed by atoms with Crippen molar-refractivity contribution < 1.29 is 0 Å². The Morgan fingerprint density at radius 3 is 2.32 bits per heavy atom. The van der Waals surface area contributed by atoms with E-state index in [0.717, 1.165) is 37.0 Å². The predicted molar refractivity (Wildman–Crippen MR) is 112 cm³/mol. The molecule has 1 heterocycles. The molecule has 2 aromatic rings. The van der Waals surface area contributed by atoms with Gasteiger partial charge < -0.3 is 15.1 Å². The predicted octanol–water partition coefficient (Wildman–Crippen LogP) is 4.44. The van der Waals surface area contributed by atoms with Gasteiger partial charge in [0, 0.05) is 37.6 Å². The highest BCUT2D eigenvalue weighted by molar-refractivity contribution is 7.80. The molecule has 132 valence electrons. The van der Waals surface area contributed by atoms with Gasteiger partial charge in [0.25, 0.3) is 0 Å². The van der Waals surface area contributed by atoms with Crippen LogP contribution in [-0.4, -0.2) is 36.2 Å². The first-order chi connectivity index (χ1) is 12.0. The molecule has 3 rings (SSSR count). The Kier molecular flexibility index (Phi) is 5.28. The van der Waals surface area contributed by atoms with Gasteiger partial charge in [-0.25, -0.2) is 0 Å². The first-order valence-electron chi connectivity index (χ1n) is 8.90. The number of hydrogen-bond acceptors (Lipinski definition) is 2. The lowest BCUT2D eigenvalue weighted by Crippen LogP contribution is -2.50. The molecule has 2 aromatic carbocycles. The van der Waals surface area contributed by atoms with Gasteiger partial charge in [-0.15, -0.1) is 0 Å². The molecule has 0 aliphatic carbocycles. The highest BCUT2D eigenvalue weighted by Crippen LogP contribution is 2.24. The summed E-state index contributed by atoms with van der Waals surface area (Å²) in [5, 5.41) is 4.25. The number of thiocarbonyl (C=S) groups is 1. The summed E-state index contributed by atoms with van der Waals surface area (Å²) < 4.78 is 0. The van der Waals surface area contributed by atoms with Crippen LogP contribution in [0.2, 0.25) is 0 Å². The van der Waals surface area contributed by atoms with Crippen molar-refractivity contribution in [1.29, 1.82) is 0 Å². The largest absolute Gasteiger partial charge is 0.368 e. The molecule has 1 fully saturated rings. The average Bonchev–Trinajstić information content (AvgIpc) is 2.60. The van der Waals surface area contributed by atoms with Crippen LogP contribution in [0.15, 0.2) is 36.4 Å². The molecule has 0 radical (unpaired) electrons. The van der Waals surface area contributed by atoms with Gasteiger partial charge in [0.1, 0.15) is 0 Å². The number of aryl methyl sites for hydroxylation is 3. The van der Waals surface area contributed by atoms with Crippen LogP contribution in [0.1, 0.15) is 22.3 Å². The SMILES string of the molecule is Cc1ccc(NC(=S)N2CCN(c3cccc(C)c3C)CC2)c(C)c1. The van der Waals surface area contributed by atoms with E-state index in [1.165, 1.54) is 27.9 Å². The molecular weight excluding hydrogens is 326 g/mol. The van der Waals surface area contributed by atoms with Gasteiger partial charge in [-0.05, 0) is 68.7 Å². The number of nitrogens with zero attached hydrogens (tertiary/aromatic N) is 2. The minimum Gasteiger partial charge on any atom is -0.368 e. The molecule has 0 spiro atoms. The fourth-order valence-corrected chi connectivity index (χ4v) is 3.67. The second kappa shape index (κ2) is 7.44. The highest BCUT2D eigenvalue weighted by atomic mass is 32.1. The molecule has 1 aliphatic rings. The molecule has 0 aromatic heterocycles. The molecule has 0 unspecified atom stereocenters. The third-order valence-electron chi connectivity index (χ3n) is 5.11. The zero-order valence-electron chi connectivity index (χ0n) is 15.6. The number of piperazine rings is 1. The Bertz CT molecular complexity index is 777. The third-order valence-corrected chi connectivity index (χ3v) is 5.47. The van der Waals surface area contributed by atoms with Gasteiger partial charge in [0.05, 0.1) is 0 Å². The summed E-state index contributed by atoms with van der Waals surface area (Å²) in [6, 6.07) is 13.0. The number of benzene rings is 2. The van der Waals surface area contributed by atoms with Crippen LogP contribution in [0.4, 0.5) is 11.4 Å². The first kappa shape index (κ1) is 17.7.